The first-order chi connectivity index (χ1) is 21.6. The number of amides is 2. The fourth-order valence-corrected chi connectivity index (χ4v) is 6.40. The maximum Gasteiger partial charge on any atom is 0.264 e. The molecular formula is C36H40FN3O4S. The Bertz CT molecular complexity index is 1680. The number of nitrogens with one attached hydrogen (secondary N) is 1. The van der Waals surface area contributed by atoms with E-state index in [9.17, 15) is 22.4 Å². The summed E-state index contributed by atoms with van der Waals surface area (Å²) in [6.45, 7) is 5.70. The third-order valence-electron chi connectivity index (χ3n) is 7.76. The zero-order valence-electron chi connectivity index (χ0n) is 25.9. The molecule has 0 bridgehead atoms. The number of hydrogen-bond donors (Lipinski definition) is 1. The quantitative estimate of drug-likeness (QED) is 0.169. The van der Waals surface area contributed by atoms with Gasteiger partial charge in [-0.1, -0.05) is 80.1 Å². The molecule has 0 aromatic heterocycles. The Morgan fingerprint density at radius 3 is 2.09 bits per heavy atom. The van der Waals surface area contributed by atoms with Crippen molar-refractivity contribution >= 4 is 27.5 Å². The highest BCUT2D eigenvalue weighted by molar-refractivity contribution is 7.92. The van der Waals surface area contributed by atoms with E-state index in [0.29, 0.717) is 17.8 Å². The van der Waals surface area contributed by atoms with Crippen LogP contribution in [0.15, 0.2) is 108 Å². The smallest absolute Gasteiger partial charge is 0.264 e. The van der Waals surface area contributed by atoms with Crippen LogP contribution < -0.4 is 9.62 Å². The molecule has 2 amide bonds. The third-order valence-corrected chi connectivity index (χ3v) is 9.54. The molecule has 0 saturated heterocycles. The van der Waals surface area contributed by atoms with Crippen LogP contribution in [0, 0.1) is 19.7 Å². The van der Waals surface area contributed by atoms with Crippen molar-refractivity contribution in [1.82, 2.24) is 10.2 Å². The summed E-state index contributed by atoms with van der Waals surface area (Å²) in [7, 11) is -4.18. The van der Waals surface area contributed by atoms with Gasteiger partial charge in [0, 0.05) is 19.5 Å². The minimum Gasteiger partial charge on any atom is -0.354 e. The van der Waals surface area contributed by atoms with Crippen LogP contribution >= 0.6 is 0 Å². The van der Waals surface area contributed by atoms with Gasteiger partial charge in [0.15, 0.2) is 0 Å². The molecule has 9 heteroatoms. The van der Waals surface area contributed by atoms with Crippen molar-refractivity contribution in [3.05, 3.63) is 131 Å². The lowest BCUT2D eigenvalue weighted by molar-refractivity contribution is -0.140. The molecule has 0 heterocycles. The Morgan fingerprint density at radius 2 is 1.47 bits per heavy atom. The molecule has 236 valence electrons. The van der Waals surface area contributed by atoms with Gasteiger partial charge in [-0.15, -0.1) is 0 Å². The Morgan fingerprint density at radius 1 is 0.822 bits per heavy atom. The largest absolute Gasteiger partial charge is 0.354 e. The molecule has 0 spiro atoms. The van der Waals surface area contributed by atoms with Gasteiger partial charge in [-0.2, -0.15) is 0 Å². The first-order valence-corrected chi connectivity index (χ1v) is 16.5. The zero-order valence-corrected chi connectivity index (χ0v) is 26.8. The van der Waals surface area contributed by atoms with E-state index >= 15 is 0 Å². The summed E-state index contributed by atoms with van der Waals surface area (Å²) in [6, 6.07) is 27.3. The average molecular weight is 630 g/mol. The molecule has 1 N–H and O–H groups in total. The number of hydrogen-bond acceptors (Lipinski definition) is 4. The summed E-state index contributed by atoms with van der Waals surface area (Å²) in [4.78, 5) is 29.7. The van der Waals surface area contributed by atoms with Crippen LogP contribution in [0.4, 0.5) is 10.1 Å². The Kier molecular flexibility index (Phi) is 11.5. The van der Waals surface area contributed by atoms with Crippen molar-refractivity contribution in [1.29, 1.82) is 0 Å². The van der Waals surface area contributed by atoms with Gasteiger partial charge >= 0.3 is 0 Å². The normalized spacial score (nSPS) is 11.9. The number of carbonyl (C=O) groups excluding carboxylic acids is 2. The van der Waals surface area contributed by atoms with E-state index in [1.165, 1.54) is 29.2 Å². The lowest BCUT2D eigenvalue weighted by Crippen LogP contribution is -2.53. The Labute approximate surface area is 265 Å². The molecule has 7 nitrogen and oxygen atoms in total. The summed E-state index contributed by atoms with van der Waals surface area (Å²) in [5.41, 5.74) is 3.63. The molecule has 0 aliphatic carbocycles. The fourth-order valence-electron chi connectivity index (χ4n) is 4.98. The van der Waals surface area contributed by atoms with Crippen molar-refractivity contribution < 1.29 is 22.4 Å². The molecule has 1 unspecified atom stereocenters. The van der Waals surface area contributed by atoms with Gasteiger partial charge < -0.3 is 10.2 Å². The average Bonchev–Trinajstić information content (AvgIpc) is 3.04. The van der Waals surface area contributed by atoms with Crippen molar-refractivity contribution in [2.24, 2.45) is 0 Å². The molecule has 1 atom stereocenters. The van der Waals surface area contributed by atoms with Crippen LogP contribution in [0.2, 0.25) is 0 Å². The van der Waals surface area contributed by atoms with Gasteiger partial charge in [-0.05, 0) is 78.9 Å². The monoisotopic (exact) mass is 629 g/mol. The number of carbonyl (C=O) groups is 2. The van der Waals surface area contributed by atoms with Gasteiger partial charge in [-0.3, -0.25) is 13.9 Å². The maximum absolute atomic E-state index is 14.5. The van der Waals surface area contributed by atoms with Crippen LogP contribution in [0.3, 0.4) is 0 Å². The second kappa shape index (κ2) is 15.5. The second-order valence-corrected chi connectivity index (χ2v) is 13.0. The van der Waals surface area contributed by atoms with E-state index in [0.717, 1.165) is 33.8 Å². The van der Waals surface area contributed by atoms with Crippen molar-refractivity contribution in [3.63, 3.8) is 0 Å². The van der Waals surface area contributed by atoms with Crippen LogP contribution in [-0.2, 0) is 32.6 Å². The standard InChI is InChI=1S/C36H40FN3O4S/c1-4-5-22-38-36(42)34(24-29-12-8-6-9-13-29)39(25-30-17-19-31(37)20-18-30)35(41)26-40(32-21-16-27(2)28(3)23-32)45(43,44)33-14-10-7-11-15-33/h6-21,23,34H,4-5,22,24-26H2,1-3H3,(H,38,42). The SMILES string of the molecule is CCCCNC(=O)C(Cc1ccccc1)N(Cc1ccc(F)cc1)C(=O)CN(c1ccc(C)c(C)c1)S(=O)(=O)c1ccccc1. The van der Waals surface area contributed by atoms with Crippen molar-refractivity contribution in [2.75, 3.05) is 17.4 Å². The number of nitrogens with zero attached hydrogens (tertiary/aromatic N) is 2. The molecule has 0 saturated carbocycles. The van der Waals surface area contributed by atoms with E-state index in [-0.39, 0.29) is 23.8 Å². The first kappa shape index (κ1) is 33.4. The van der Waals surface area contributed by atoms with Crippen LogP contribution in [-0.4, -0.2) is 44.3 Å². The summed E-state index contributed by atoms with van der Waals surface area (Å²) < 4.78 is 43.1. The third kappa shape index (κ3) is 8.79. The van der Waals surface area contributed by atoms with Gasteiger partial charge in [0.2, 0.25) is 11.8 Å². The highest BCUT2D eigenvalue weighted by atomic mass is 32.2. The minimum atomic E-state index is -4.18. The lowest BCUT2D eigenvalue weighted by Gasteiger charge is -2.34. The molecule has 0 aliphatic heterocycles. The zero-order chi connectivity index (χ0) is 32.4. The number of aryl methyl sites for hydroxylation is 2. The predicted molar refractivity (Wildman–Crippen MR) is 176 cm³/mol. The molecule has 0 radical (unpaired) electrons. The molecule has 0 fully saturated rings. The van der Waals surface area contributed by atoms with Crippen LogP contribution in [0.25, 0.3) is 0 Å². The summed E-state index contributed by atoms with van der Waals surface area (Å²) in [5, 5.41) is 2.96. The number of anilines is 1. The molecule has 4 rings (SSSR count). The van der Waals surface area contributed by atoms with E-state index in [2.05, 4.69) is 5.32 Å². The maximum atomic E-state index is 14.5. The van der Waals surface area contributed by atoms with Crippen LogP contribution in [0.1, 0.15) is 42.0 Å². The number of halogens is 1. The van der Waals surface area contributed by atoms with E-state index in [4.69, 9.17) is 0 Å². The summed E-state index contributed by atoms with van der Waals surface area (Å²) in [5.74, 6) is -1.33. The van der Waals surface area contributed by atoms with Gasteiger partial charge in [0.25, 0.3) is 10.0 Å². The molecule has 0 aliphatic rings. The first-order valence-electron chi connectivity index (χ1n) is 15.1. The van der Waals surface area contributed by atoms with E-state index in [1.807, 2.05) is 57.2 Å². The fraction of sp³-hybridized carbons (Fsp3) is 0.278. The second-order valence-electron chi connectivity index (χ2n) is 11.1. The lowest BCUT2D eigenvalue weighted by atomic mass is 10.0. The Balaban J connectivity index is 1.79. The van der Waals surface area contributed by atoms with Crippen molar-refractivity contribution in [2.45, 2.75) is 57.5 Å². The van der Waals surface area contributed by atoms with E-state index in [1.54, 1.807) is 42.5 Å². The van der Waals surface area contributed by atoms with Crippen LogP contribution in [0.5, 0.6) is 0 Å². The Hall–Kier alpha value is -4.50. The molecular weight excluding hydrogens is 589 g/mol. The van der Waals surface area contributed by atoms with Crippen molar-refractivity contribution in [3.8, 4) is 0 Å². The summed E-state index contributed by atoms with van der Waals surface area (Å²) in [6.07, 6.45) is 1.86. The van der Waals surface area contributed by atoms with Gasteiger partial charge in [0.05, 0.1) is 10.6 Å². The van der Waals surface area contributed by atoms with Gasteiger partial charge in [0.1, 0.15) is 18.4 Å². The highest BCUT2D eigenvalue weighted by Crippen LogP contribution is 2.27. The van der Waals surface area contributed by atoms with E-state index < -0.39 is 34.3 Å². The highest BCUT2D eigenvalue weighted by Gasteiger charge is 2.34. The topological polar surface area (TPSA) is 86.8 Å². The minimum absolute atomic E-state index is 0.0238. The van der Waals surface area contributed by atoms with Gasteiger partial charge in [-0.25, -0.2) is 12.8 Å². The number of benzene rings is 4. The molecule has 45 heavy (non-hydrogen) atoms. The molecule has 4 aromatic carbocycles. The predicted octanol–water partition coefficient (Wildman–Crippen LogP) is 6.19. The molecule has 4 aromatic rings. The number of sulfonamides is 1. The summed E-state index contributed by atoms with van der Waals surface area (Å²) >= 11 is 0. The number of rotatable bonds is 14. The number of unbranched alkanes of at least 4 members (excludes halogenated alkanes) is 1.